The summed E-state index contributed by atoms with van der Waals surface area (Å²) in [5.74, 6) is -0.00945. The van der Waals surface area contributed by atoms with E-state index in [1.807, 2.05) is 42.5 Å². The van der Waals surface area contributed by atoms with Crippen molar-refractivity contribution in [1.82, 2.24) is 20.2 Å². The Bertz CT molecular complexity index is 1660. The Kier molecular flexibility index (Phi) is 8.61. The molecule has 1 spiro atoms. The number of nitrogens with one attached hydrogen (secondary N) is 2. The van der Waals surface area contributed by atoms with E-state index in [0.717, 1.165) is 27.9 Å². The van der Waals surface area contributed by atoms with Gasteiger partial charge >= 0.3 is 0 Å². The molecule has 1 saturated heterocycles. The van der Waals surface area contributed by atoms with E-state index in [9.17, 15) is 14.4 Å². The summed E-state index contributed by atoms with van der Waals surface area (Å²) < 4.78 is 17.1. The van der Waals surface area contributed by atoms with Crippen LogP contribution < -0.4 is 10.6 Å². The largest absolute Gasteiger partial charge is 0.377 e. The highest BCUT2D eigenvalue weighted by atomic mass is 16.5. The first-order valence-electron chi connectivity index (χ1n) is 15.8. The molecule has 0 saturated carbocycles. The number of nitrogens with zero attached hydrogens (tertiary/aromatic N) is 3. The molecule has 0 radical (unpaired) electrons. The Morgan fingerprint density at radius 2 is 1.70 bits per heavy atom. The molecule has 2 aromatic heterocycles. The number of carbonyl (C=O) groups is 3. The standard InChI is InChI=1S/C35H37N5O6/c41-32-26-16-25-18-35(19-30(25)36-21-26)28-15-23(20-37-31(28)39-34(35)43)5-4-9-44-11-13-46-14-12-45-10-8-40-22-27(17-29(38-32)33(40)42)24-6-2-1-3-7-24/h1-7,15-16,20-21,27,29H,8-14,17-19,22H2,(H,38,41)(H,37,39,43)/b5-4+/t27?,29?,35-/m0/s1. The minimum Gasteiger partial charge on any atom is -0.377 e. The number of rotatable bonds is 1. The number of piperidine rings is 1. The van der Waals surface area contributed by atoms with Crippen LogP contribution in [0.1, 0.15) is 50.6 Å². The summed E-state index contributed by atoms with van der Waals surface area (Å²) >= 11 is 0. The molecule has 1 fully saturated rings. The highest BCUT2D eigenvalue weighted by Crippen LogP contribution is 2.46. The lowest BCUT2D eigenvalue weighted by molar-refractivity contribution is -0.137. The van der Waals surface area contributed by atoms with Gasteiger partial charge in [-0.25, -0.2) is 4.98 Å². The van der Waals surface area contributed by atoms with Crippen LogP contribution in [0.15, 0.2) is 60.9 Å². The van der Waals surface area contributed by atoms with E-state index in [1.165, 1.54) is 6.20 Å². The van der Waals surface area contributed by atoms with Crippen molar-refractivity contribution in [3.8, 4) is 0 Å². The van der Waals surface area contributed by atoms with Gasteiger partial charge in [-0.3, -0.25) is 19.4 Å². The predicted molar refractivity (Wildman–Crippen MR) is 169 cm³/mol. The number of fused-ring (bicyclic) bond motifs is 4. The molecular weight excluding hydrogens is 586 g/mol. The molecule has 1 aromatic carbocycles. The number of anilines is 1. The van der Waals surface area contributed by atoms with Gasteiger partial charge in [0, 0.05) is 49.1 Å². The molecule has 5 heterocycles. The number of pyridine rings is 2. The van der Waals surface area contributed by atoms with E-state index in [1.54, 1.807) is 11.1 Å². The lowest BCUT2D eigenvalue weighted by Gasteiger charge is -2.37. The topological polar surface area (TPSA) is 132 Å². The third-order valence-electron chi connectivity index (χ3n) is 9.30. The zero-order chi connectivity index (χ0) is 31.5. The third-order valence-corrected chi connectivity index (χ3v) is 9.30. The smallest absolute Gasteiger partial charge is 0.253 e. The Morgan fingerprint density at radius 3 is 2.54 bits per heavy atom. The number of benzene rings is 1. The first kappa shape index (κ1) is 30.2. The molecule has 238 valence electrons. The lowest BCUT2D eigenvalue weighted by atomic mass is 9.79. The maximum absolute atomic E-state index is 13.6. The Morgan fingerprint density at radius 1 is 0.891 bits per heavy atom. The van der Waals surface area contributed by atoms with Gasteiger partial charge < -0.3 is 29.7 Å². The molecule has 3 aliphatic heterocycles. The minimum atomic E-state index is -0.846. The van der Waals surface area contributed by atoms with Crippen LogP contribution in [0.4, 0.5) is 5.82 Å². The normalized spacial score (nSPS) is 26.2. The molecule has 2 unspecified atom stereocenters. The summed E-state index contributed by atoms with van der Waals surface area (Å²) in [6.45, 7) is 3.43. The van der Waals surface area contributed by atoms with Crippen molar-refractivity contribution in [2.45, 2.75) is 36.6 Å². The fraction of sp³-hybridized carbons (Fsp3) is 0.400. The Balaban J connectivity index is 1.16. The monoisotopic (exact) mass is 623 g/mol. The molecule has 1 aliphatic carbocycles. The molecule has 7 rings (SSSR count). The van der Waals surface area contributed by atoms with Gasteiger partial charge in [0.1, 0.15) is 11.9 Å². The molecule has 4 aliphatic rings. The van der Waals surface area contributed by atoms with Crippen LogP contribution in [0.25, 0.3) is 6.08 Å². The molecule has 3 aromatic rings. The van der Waals surface area contributed by atoms with E-state index in [4.69, 9.17) is 14.2 Å². The zero-order valence-corrected chi connectivity index (χ0v) is 25.6. The minimum absolute atomic E-state index is 0.0575. The molecule has 2 N–H and O–H groups in total. The molecule has 3 amide bonds. The molecule has 11 heteroatoms. The highest BCUT2D eigenvalue weighted by molar-refractivity contribution is 6.06. The van der Waals surface area contributed by atoms with Crippen LogP contribution in [0.2, 0.25) is 0 Å². The highest BCUT2D eigenvalue weighted by Gasteiger charge is 2.52. The number of carbonyl (C=O) groups excluding carboxylic acids is 3. The fourth-order valence-electron chi connectivity index (χ4n) is 6.90. The average molecular weight is 624 g/mol. The maximum atomic E-state index is 13.6. The van der Waals surface area contributed by atoms with Crippen LogP contribution in [-0.2, 0) is 42.1 Å². The number of ether oxygens (including phenoxy) is 3. The van der Waals surface area contributed by atoms with E-state index in [2.05, 4.69) is 32.7 Å². The van der Waals surface area contributed by atoms with Crippen molar-refractivity contribution in [3.63, 3.8) is 0 Å². The number of hydrogen-bond acceptors (Lipinski definition) is 8. The SMILES string of the molecule is O=C1NC2CC(c3ccccc3)CN(CCOCCOCCOC/C=C/c3cnc4c(c3)[C@@]3(Cc5cc1cnc5C3)C(=O)N4)C2=O. The van der Waals surface area contributed by atoms with Gasteiger partial charge in [0.15, 0.2) is 0 Å². The van der Waals surface area contributed by atoms with Crippen molar-refractivity contribution in [2.75, 3.05) is 58.0 Å². The summed E-state index contributed by atoms with van der Waals surface area (Å²) in [7, 11) is 0. The third kappa shape index (κ3) is 6.05. The van der Waals surface area contributed by atoms with Gasteiger partial charge in [-0.05, 0) is 41.7 Å². The average Bonchev–Trinajstić information content (AvgIpc) is 3.59. The second-order valence-electron chi connectivity index (χ2n) is 12.2. The van der Waals surface area contributed by atoms with E-state index >= 15 is 0 Å². The van der Waals surface area contributed by atoms with Gasteiger partial charge in [-0.15, -0.1) is 0 Å². The van der Waals surface area contributed by atoms with Crippen LogP contribution in [0, 0.1) is 0 Å². The summed E-state index contributed by atoms with van der Waals surface area (Å²) in [6.07, 6.45) is 8.41. The summed E-state index contributed by atoms with van der Waals surface area (Å²) in [5, 5.41) is 5.95. The summed E-state index contributed by atoms with van der Waals surface area (Å²) in [6, 6.07) is 13.2. The molecule has 3 atom stereocenters. The van der Waals surface area contributed by atoms with Crippen molar-refractivity contribution >= 4 is 29.6 Å². The van der Waals surface area contributed by atoms with Gasteiger partial charge in [0.2, 0.25) is 11.8 Å². The summed E-state index contributed by atoms with van der Waals surface area (Å²) in [4.78, 5) is 51.6. The Labute approximate surface area is 267 Å². The zero-order valence-electron chi connectivity index (χ0n) is 25.6. The van der Waals surface area contributed by atoms with Gasteiger partial charge in [-0.1, -0.05) is 42.5 Å². The Hall–Kier alpha value is -4.45. The van der Waals surface area contributed by atoms with E-state index in [0.29, 0.717) is 83.4 Å². The van der Waals surface area contributed by atoms with Crippen LogP contribution >= 0.6 is 0 Å². The first-order chi connectivity index (χ1) is 22.5. The molecular formula is C35H37N5O6. The van der Waals surface area contributed by atoms with Crippen LogP contribution in [0.5, 0.6) is 0 Å². The second kappa shape index (κ2) is 13.1. The van der Waals surface area contributed by atoms with Crippen molar-refractivity contribution in [3.05, 3.63) is 94.4 Å². The fourth-order valence-corrected chi connectivity index (χ4v) is 6.90. The van der Waals surface area contributed by atoms with Crippen molar-refractivity contribution in [2.24, 2.45) is 0 Å². The number of hydrogen-bond donors (Lipinski definition) is 2. The van der Waals surface area contributed by atoms with Gasteiger partial charge in [0.05, 0.1) is 50.6 Å². The quantitative estimate of drug-likeness (QED) is 0.423. The summed E-state index contributed by atoms with van der Waals surface area (Å²) in [5.41, 5.74) is 3.94. The van der Waals surface area contributed by atoms with Gasteiger partial charge in [-0.2, -0.15) is 0 Å². The maximum Gasteiger partial charge on any atom is 0.253 e. The second-order valence-corrected chi connectivity index (χ2v) is 12.2. The van der Waals surface area contributed by atoms with E-state index < -0.39 is 11.5 Å². The number of amides is 3. The van der Waals surface area contributed by atoms with Crippen LogP contribution in [-0.4, -0.2) is 91.4 Å². The van der Waals surface area contributed by atoms with Gasteiger partial charge in [0.25, 0.3) is 5.91 Å². The molecule has 46 heavy (non-hydrogen) atoms. The molecule has 7 bridgehead atoms. The number of aromatic nitrogens is 2. The predicted octanol–water partition coefficient (Wildman–Crippen LogP) is 2.66. The van der Waals surface area contributed by atoms with Crippen molar-refractivity contribution < 1.29 is 28.6 Å². The lowest BCUT2D eigenvalue weighted by Crippen LogP contribution is -2.55. The molecule has 11 nitrogen and oxygen atoms in total. The van der Waals surface area contributed by atoms with E-state index in [-0.39, 0.29) is 23.6 Å². The van der Waals surface area contributed by atoms with Crippen molar-refractivity contribution in [1.29, 1.82) is 0 Å². The first-order valence-corrected chi connectivity index (χ1v) is 15.8. The van der Waals surface area contributed by atoms with Crippen LogP contribution in [0.3, 0.4) is 0 Å².